The number of nitrogens with one attached hydrogen (secondary N) is 1. The average molecular weight is 185 g/mol. The van der Waals surface area contributed by atoms with Crippen LogP contribution in [0.25, 0.3) is 0 Å². The second kappa shape index (κ2) is 4.61. The summed E-state index contributed by atoms with van der Waals surface area (Å²) in [5.74, 6) is -0.323. The van der Waals surface area contributed by atoms with Gasteiger partial charge >= 0.3 is 5.97 Å². The molecule has 2 atom stereocenters. The second-order valence-electron chi connectivity index (χ2n) is 3.98. The summed E-state index contributed by atoms with van der Waals surface area (Å²) < 4.78 is 0. The SMILES string of the molecule is CCC(C)NC(C(=O)O)C1CCC1. The van der Waals surface area contributed by atoms with Gasteiger partial charge in [0.15, 0.2) is 0 Å². The van der Waals surface area contributed by atoms with Crippen LogP contribution in [0.15, 0.2) is 0 Å². The van der Waals surface area contributed by atoms with Crippen LogP contribution in [-0.2, 0) is 4.79 Å². The number of hydrogen-bond acceptors (Lipinski definition) is 2. The normalized spacial score (nSPS) is 22.0. The van der Waals surface area contributed by atoms with E-state index < -0.39 is 5.97 Å². The molecule has 0 aromatic heterocycles. The maximum absolute atomic E-state index is 10.9. The number of carboxylic acid groups (broad SMARTS) is 1. The molecule has 1 aliphatic carbocycles. The van der Waals surface area contributed by atoms with Crippen LogP contribution < -0.4 is 5.32 Å². The van der Waals surface area contributed by atoms with E-state index in [1.165, 1.54) is 6.42 Å². The Balaban J connectivity index is 2.42. The average Bonchev–Trinajstić information content (AvgIpc) is 1.99. The van der Waals surface area contributed by atoms with Gasteiger partial charge in [-0.15, -0.1) is 0 Å². The van der Waals surface area contributed by atoms with E-state index in [4.69, 9.17) is 5.11 Å². The third-order valence-corrected chi connectivity index (χ3v) is 2.96. The third kappa shape index (κ3) is 2.69. The van der Waals surface area contributed by atoms with Gasteiger partial charge in [0.1, 0.15) is 6.04 Å². The summed E-state index contributed by atoms with van der Waals surface area (Å²) in [4.78, 5) is 10.9. The molecule has 0 aliphatic heterocycles. The van der Waals surface area contributed by atoms with Crippen molar-refractivity contribution in [3.8, 4) is 0 Å². The highest BCUT2D eigenvalue weighted by atomic mass is 16.4. The van der Waals surface area contributed by atoms with Gasteiger partial charge in [-0.2, -0.15) is 0 Å². The Morgan fingerprint density at radius 3 is 2.54 bits per heavy atom. The van der Waals surface area contributed by atoms with Crippen molar-refractivity contribution in [1.29, 1.82) is 0 Å². The Morgan fingerprint density at radius 2 is 2.23 bits per heavy atom. The minimum absolute atomic E-state index is 0.307. The molecule has 1 fully saturated rings. The van der Waals surface area contributed by atoms with E-state index in [2.05, 4.69) is 12.2 Å². The van der Waals surface area contributed by atoms with Crippen molar-refractivity contribution in [2.24, 2.45) is 5.92 Å². The Bertz CT molecular complexity index is 178. The van der Waals surface area contributed by atoms with Crippen LogP contribution in [-0.4, -0.2) is 23.2 Å². The van der Waals surface area contributed by atoms with Gasteiger partial charge in [0.2, 0.25) is 0 Å². The lowest BCUT2D eigenvalue weighted by Crippen LogP contribution is -2.48. The number of carbonyl (C=O) groups is 1. The summed E-state index contributed by atoms with van der Waals surface area (Å²) in [6.07, 6.45) is 4.31. The van der Waals surface area contributed by atoms with Crippen LogP contribution in [0.4, 0.5) is 0 Å². The van der Waals surface area contributed by atoms with Crippen molar-refractivity contribution in [2.75, 3.05) is 0 Å². The van der Waals surface area contributed by atoms with Gasteiger partial charge in [0.25, 0.3) is 0 Å². The Hall–Kier alpha value is -0.570. The van der Waals surface area contributed by atoms with Crippen molar-refractivity contribution in [3.05, 3.63) is 0 Å². The highest BCUT2D eigenvalue weighted by Gasteiger charge is 2.32. The molecule has 1 aliphatic rings. The summed E-state index contributed by atoms with van der Waals surface area (Å²) in [7, 11) is 0. The molecule has 2 unspecified atom stereocenters. The maximum atomic E-state index is 10.9. The molecule has 0 saturated heterocycles. The highest BCUT2D eigenvalue weighted by molar-refractivity contribution is 5.74. The molecule has 0 radical (unpaired) electrons. The summed E-state index contributed by atoms with van der Waals surface area (Å²) in [5.41, 5.74) is 0. The van der Waals surface area contributed by atoms with Gasteiger partial charge < -0.3 is 10.4 Å². The van der Waals surface area contributed by atoms with Gasteiger partial charge in [0.05, 0.1) is 0 Å². The van der Waals surface area contributed by atoms with E-state index in [-0.39, 0.29) is 6.04 Å². The van der Waals surface area contributed by atoms with Crippen molar-refractivity contribution in [2.45, 2.75) is 51.6 Å². The first-order valence-electron chi connectivity index (χ1n) is 5.14. The van der Waals surface area contributed by atoms with Gasteiger partial charge in [0, 0.05) is 6.04 Å². The Labute approximate surface area is 79.5 Å². The Morgan fingerprint density at radius 1 is 1.62 bits per heavy atom. The third-order valence-electron chi connectivity index (χ3n) is 2.96. The molecule has 0 amide bonds. The standard InChI is InChI=1S/C10H19NO2/c1-3-7(2)11-9(10(12)13)8-5-4-6-8/h7-9,11H,3-6H2,1-2H3,(H,12,13). The van der Waals surface area contributed by atoms with Crippen molar-refractivity contribution in [3.63, 3.8) is 0 Å². The molecule has 76 valence electrons. The van der Waals surface area contributed by atoms with Crippen LogP contribution in [0.5, 0.6) is 0 Å². The van der Waals surface area contributed by atoms with E-state index >= 15 is 0 Å². The van der Waals surface area contributed by atoms with Crippen LogP contribution in [0.1, 0.15) is 39.5 Å². The molecule has 3 heteroatoms. The highest BCUT2D eigenvalue weighted by Crippen LogP contribution is 2.29. The maximum Gasteiger partial charge on any atom is 0.320 e. The van der Waals surface area contributed by atoms with Crippen LogP contribution in [0.3, 0.4) is 0 Å². The molecular formula is C10H19NO2. The van der Waals surface area contributed by atoms with Crippen molar-refractivity contribution < 1.29 is 9.90 Å². The van der Waals surface area contributed by atoms with E-state index in [0.717, 1.165) is 19.3 Å². The molecule has 0 aromatic carbocycles. The predicted molar refractivity (Wildman–Crippen MR) is 51.7 cm³/mol. The van der Waals surface area contributed by atoms with Gasteiger partial charge in [-0.3, -0.25) is 4.79 Å². The number of carboxylic acids is 1. The van der Waals surface area contributed by atoms with Gasteiger partial charge in [-0.05, 0) is 32.1 Å². The fourth-order valence-electron chi connectivity index (χ4n) is 1.61. The van der Waals surface area contributed by atoms with Crippen molar-refractivity contribution >= 4 is 5.97 Å². The predicted octanol–water partition coefficient (Wildman–Crippen LogP) is 1.63. The van der Waals surface area contributed by atoms with E-state index in [0.29, 0.717) is 12.0 Å². The first-order chi connectivity index (χ1) is 6.15. The fourth-order valence-corrected chi connectivity index (χ4v) is 1.61. The molecule has 2 N–H and O–H groups in total. The summed E-state index contributed by atoms with van der Waals surface area (Å²) >= 11 is 0. The molecule has 0 bridgehead atoms. The fraction of sp³-hybridized carbons (Fsp3) is 0.900. The summed E-state index contributed by atoms with van der Waals surface area (Å²) in [5, 5.41) is 12.2. The van der Waals surface area contributed by atoms with E-state index in [9.17, 15) is 4.79 Å². The molecule has 3 nitrogen and oxygen atoms in total. The topological polar surface area (TPSA) is 49.3 Å². The minimum Gasteiger partial charge on any atom is -0.480 e. The Kier molecular flexibility index (Phi) is 3.72. The monoisotopic (exact) mass is 185 g/mol. The number of hydrogen-bond donors (Lipinski definition) is 2. The van der Waals surface area contributed by atoms with Gasteiger partial charge in [-0.1, -0.05) is 13.3 Å². The van der Waals surface area contributed by atoms with Crippen LogP contribution in [0.2, 0.25) is 0 Å². The van der Waals surface area contributed by atoms with Crippen molar-refractivity contribution in [1.82, 2.24) is 5.32 Å². The quantitative estimate of drug-likeness (QED) is 0.684. The lowest BCUT2D eigenvalue weighted by molar-refractivity contribution is -0.142. The van der Waals surface area contributed by atoms with Gasteiger partial charge in [-0.25, -0.2) is 0 Å². The second-order valence-corrected chi connectivity index (χ2v) is 3.98. The first kappa shape index (κ1) is 10.5. The molecule has 0 aromatic rings. The zero-order chi connectivity index (χ0) is 9.84. The summed E-state index contributed by atoms with van der Waals surface area (Å²) in [6, 6.07) is -0.00889. The number of rotatable bonds is 5. The lowest BCUT2D eigenvalue weighted by atomic mass is 9.79. The zero-order valence-electron chi connectivity index (χ0n) is 8.42. The smallest absolute Gasteiger partial charge is 0.320 e. The molecule has 13 heavy (non-hydrogen) atoms. The summed E-state index contributed by atoms with van der Waals surface area (Å²) in [6.45, 7) is 4.10. The van der Waals surface area contributed by atoms with Crippen LogP contribution >= 0.6 is 0 Å². The molecule has 0 spiro atoms. The van der Waals surface area contributed by atoms with E-state index in [1.54, 1.807) is 0 Å². The molecule has 0 heterocycles. The molecule has 1 saturated carbocycles. The largest absolute Gasteiger partial charge is 0.480 e. The minimum atomic E-state index is -0.690. The lowest BCUT2D eigenvalue weighted by Gasteiger charge is -2.33. The molecular weight excluding hydrogens is 166 g/mol. The molecule has 1 rings (SSSR count). The number of aliphatic carboxylic acids is 1. The van der Waals surface area contributed by atoms with Crippen LogP contribution in [0, 0.1) is 5.92 Å². The van der Waals surface area contributed by atoms with E-state index in [1.807, 2.05) is 6.92 Å². The first-order valence-corrected chi connectivity index (χ1v) is 5.14. The zero-order valence-corrected chi connectivity index (χ0v) is 8.42.